The molecule has 0 aliphatic carbocycles. The molecular formula is C12H14O4. The lowest BCUT2D eigenvalue weighted by molar-refractivity contribution is -0.135. The number of aryl methyl sites for hydroxylation is 1. The molecule has 0 bridgehead atoms. The Kier molecular flexibility index (Phi) is 3.22. The smallest absolute Gasteiger partial charge is 0.371 e. The van der Waals surface area contributed by atoms with E-state index in [0.717, 1.165) is 0 Å². The van der Waals surface area contributed by atoms with E-state index in [2.05, 4.69) is 6.58 Å². The summed E-state index contributed by atoms with van der Waals surface area (Å²) >= 11 is 0. The van der Waals surface area contributed by atoms with Gasteiger partial charge in [0.15, 0.2) is 0 Å². The van der Waals surface area contributed by atoms with Crippen LogP contribution in [0.2, 0.25) is 0 Å². The second-order valence-corrected chi connectivity index (χ2v) is 3.62. The molecular weight excluding hydrogens is 208 g/mol. The molecule has 0 saturated carbocycles. The number of ether oxygens (including phenoxy) is 1. The minimum atomic E-state index is -1.21. The number of carboxylic acids is 1. The molecule has 0 radical (unpaired) electrons. The Morgan fingerprint density at radius 3 is 2.38 bits per heavy atom. The lowest BCUT2D eigenvalue weighted by atomic mass is 10.0. The molecule has 16 heavy (non-hydrogen) atoms. The number of carbonyl (C=O) groups is 1. The second-order valence-electron chi connectivity index (χ2n) is 3.62. The average molecular weight is 222 g/mol. The summed E-state index contributed by atoms with van der Waals surface area (Å²) in [6, 6.07) is 1.59. The van der Waals surface area contributed by atoms with E-state index in [4.69, 9.17) is 9.84 Å². The summed E-state index contributed by atoms with van der Waals surface area (Å²) in [6.45, 7) is 8.50. The van der Waals surface area contributed by atoms with Gasteiger partial charge in [0.05, 0.1) is 0 Å². The summed E-state index contributed by atoms with van der Waals surface area (Å²) in [7, 11) is 0. The first kappa shape index (κ1) is 12.1. The summed E-state index contributed by atoms with van der Waals surface area (Å²) in [4.78, 5) is 10.6. The largest absolute Gasteiger partial charge is 0.507 e. The Labute approximate surface area is 93.8 Å². The molecule has 4 heteroatoms. The average Bonchev–Trinajstić information content (AvgIpc) is 2.22. The lowest BCUT2D eigenvalue weighted by Gasteiger charge is -2.13. The topological polar surface area (TPSA) is 66.8 Å². The van der Waals surface area contributed by atoms with E-state index < -0.39 is 5.97 Å². The molecule has 0 aliphatic rings. The van der Waals surface area contributed by atoms with Crippen molar-refractivity contribution in [3.63, 3.8) is 0 Å². The number of phenolic OH excluding ortho intramolecular Hbond substituents is 1. The minimum absolute atomic E-state index is 0.200. The number of hydrogen-bond donors (Lipinski definition) is 2. The number of rotatable bonds is 3. The number of carboxylic acid groups (broad SMARTS) is 1. The van der Waals surface area contributed by atoms with Crippen LogP contribution in [0.25, 0.3) is 0 Å². The molecule has 1 rings (SSSR count). The van der Waals surface area contributed by atoms with Crippen LogP contribution in [0, 0.1) is 20.8 Å². The second kappa shape index (κ2) is 4.26. The van der Waals surface area contributed by atoms with Gasteiger partial charge in [0.1, 0.15) is 11.5 Å². The minimum Gasteiger partial charge on any atom is -0.507 e. The van der Waals surface area contributed by atoms with Crippen LogP contribution in [-0.4, -0.2) is 16.2 Å². The predicted molar refractivity (Wildman–Crippen MR) is 59.7 cm³/mol. The summed E-state index contributed by atoms with van der Waals surface area (Å²) < 4.78 is 5.12. The van der Waals surface area contributed by atoms with Gasteiger partial charge < -0.3 is 14.9 Å². The van der Waals surface area contributed by atoms with Gasteiger partial charge in [0, 0.05) is 0 Å². The summed E-state index contributed by atoms with van der Waals surface area (Å²) in [5, 5.41) is 18.3. The highest BCUT2D eigenvalue weighted by Crippen LogP contribution is 2.32. The fraction of sp³-hybridized carbons (Fsp3) is 0.250. The maximum atomic E-state index is 10.6. The molecule has 0 aliphatic heterocycles. The van der Waals surface area contributed by atoms with E-state index in [-0.39, 0.29) is 11.5 Å². The van der Waals surface area contributed by atoms with Crippen LogP contribution in [0.1, 0.15) is 16.7 Å². The number of phenols is 1. The molecule has 86 valence electrons. The van der Waals surface area contributed by atoms with Gasteiger partial charge in [-0.2, -0.15) is 0 Å². The molecule has 0 heterocycles. The molecule has 0 amide bonds. The third kappa shape index (κ3) is 2.16. The number of benzene rings is 1. The van der Waals surface area contributed by atoms with Gasteiger partial charge in [-0.05, 0) is 50.1 Å². The van der Waals surface area contributed by atoms with Crippen molar-refractivity contribution in [2.75, 3.05) is 0 Å². The Morgan fingerprint density at radius 1 is 1.31 bits per heavy atom. The fourth-order valence-electron chi connectivity index (χ4n) is 1.31. The summed E-state index contributed by atoms with van der Waals surface area (Å²) in [5.41, 5.74) is 2.01. The lowest BCUT2D eigenvalue weighted by Crippen LogP contribution is -2.07. The Morgan fingerprint density at radius 2 is 1.88 bits per heavy atom. The van der Waals surface area contributed by atoms with Crippen LogP contribution in [0.5, 0.6) is 11.5 Å². The van der Waals surface area contributed by atoms with Crippen molar-refractivity contribution in [2.45, 2.75) is 20.8 Å². The molecule has 1 aromatic carbocycles. The van der Waals surface area contributed by atoms with Crippen molar-refractivity contribution in [2.24, 2.45) is 0 Å². The molecule has 0 atom stereocenters. The number of aliphatic carboxylic acids is 1. The maximum Gasteiger partial charge on any atom is 0.371 e. The van der Waals surface area contributed by atoms with Gasteiger partial charge in [-0.15, -0.1) is 0 Å². The molecule has 2 N–H and O–H groups in total. The van der Waals surface area contributed by atoms with E-state index >= 15 is 0 Å². The van der Waals surface area contributed by atoms with Gasteiger partial charge >= 0.3 is 5.97 Å². The number of hydrogen-bond acceptors (Lipinski definition) is 3. The standard InChI is InChI=1S/C12H14O4/c1-6-5-10(16-9(4)12(14)15)7(2)8(3)11(6)13/h5,13H,4H2,1-3H3,(H,14,15). The Hall–Kier alpha value is -1.97. The first-order valence-corrected chi connectivity index (χ1v) is 4.74. The molecule has 4 nitrogen and oxygen atoms in total. The maximum absolute atomic E-state index is 10.6. The van der Waals surface area contributed by atoms with Gasteiger partial charge in [-0.25, -0.2) is 4.79 Å². The van der Waals surface area contributed by atoms with Crippen molar-refractivity contribution in [1.82, 2.24) is 0 Å². The monoisotopic (exact) mass is 222 g/mol. The first-order valence-electron chi connectivity index (χ1n) is 4.74. The van der Waals surface area contributed by atoms with Gasteiger partial charge in [-0.1, -0.05) is 0 Å². The Balaban J connectivity index is 3.16. The van der Waals surface area contributed by atoms with Crippen LogP contribution < -0.4 is 4.74 Å². The summed E-state index contributed by atoms with van der Waals surface area (Å²) in [5.74, 6) is -0.943. The van der Waals surface area contributed by atoms with Crippen molar-refractivity contribution < 1.29 is 19.7 Å². The van der Waals surface area contributed by atoms with Crippen molar-refractivity contribution in [3.8, 4) is 11.5 Å². The van der Waals surface area contributed by atoms with Gasteiger partial charge in [0.25, 0.3) is 0 Å². The zero-order chi connectivity index (χ0) is 12.5. The molecule has 1 aromatic rings. The first-order chi connectivity index (χ1) is 7.34. The van der Waals surface area contributed by atoms with E-state index in [1.807, 2.05) is 0 Å². The third-order valence-electron chi connectivity index (χ3n) is 2.48. The van der Waals surface area contributed by atoms with Gasteiger partial charge in [-0.3, -0.25) is 0 Å². The SMILES string of the molecule is C=C(Oc1cc(C)c(O)c(C)c1C)C(=O)O. The van der Waals surface area contributed by atoms with Crippen LogP contribution in [0.4, 0.5) is 0 Å². The Bertz CT molecular complexity index is 461. The van der Waals surface area contributed by atoms with Crippen molar-refractivity contribution in [3.05, 3.63) is 35.1 Å². The summed E-state index contributed by atoms with van der Waals surface area (Å²) in [6.07, 6.45) is 0. The normalized spacial score (nSPS) is 9.94. The van der Waals surface area contributed by atoms with E-state index in [1.54, 1.807) is 26.8 Å². The van der Waals surface area contributed by atoms with Crippen LogP contribution in [0.3, 0.4) is 0 Å². The van der Waals surface area contributed by atoms with Crippen LogP contribution in [0.15, 0.2) is 18.4 Å². The quantitative estimate of drug-likeness (QED) is 0.608. The highest BCUT2D eigenvalue weighted by atomic mass is 16.5. The van der Waals surface area contributed by atoms with Crippen molar-refractivity contribution in [1.29, 1.82) is 0 Å². The van der Waals surface area contributed by atoms with Crippen LogP contribution in [-0.2, 0) is 4.79 Å². The van der Waals surface area contributed by atoms with Crippen molar-refractivity contribution >= 4 is 5.97 Å². The van der Waals surface area contributed by atoms with E-state index in [9.17, 15) is 9.90 Å². The zero-order valence-electron chi connectivity index (χ0n) is 9.50. The molecule has 0 saturated heterocycles. The molecule has 0 unspecified atom stereocenters. The fourth-order valence-corrected chi connectivity index (χ4v) is 1.31. The van der Waals surface area contributed by atoms with Crippen LogP contribution >= 0.6 is 0 Å². The molecule has 0 aromatic heterocycles. The van der Waals surface area contributed by atoms with Gasteiger partial charge in [0.2, 0.25) is 5.76 Å². The zero-order valence-corrected chi connectivity index (χ0v) is 9.50. The molecule has 0 spiro atoms. The highest BCUT2D eigenvalue weighted by Gasteiger charge is 2.13. The van der Waals surface area contributed by atoms with E-state index in [0.29, 0.717) is 22.4 Å². The van der Waals surface area contributed by atoms with E-state index in [1.165, 1.54) is 0 Å². The predicted octanol–water partition coefficient (Wildman–Crippen LogP) is 2.29. The number of aromatic hydroxyl groups is 1. The third-order valence-corrected chi connectivity index (χ3v) is 2.48. The highest BCUT2D eigenvalue weighted by molar-refractivity contribution is 5.84. The molecule has 0 fully saturated rings.